The Balaban J connectivity index is 0.00000128. The molecule has 3 heteroatoms. The third-order valence-electron chi connectivity index (χ3n) is 2.23. The number of aromatic nitrogens is 1. The first-order valence-corrected chi connectivity index (χ1v) is 4.81. The average Bonchev–Trinajstić information content (AvgIpc) is 2.31. The summed E-state index contributed by atoms with van der Waals surface area (Å²) in [6.07, 6.45) is 3.84. The predicted octanol–water partition coefficient (Wildman–Crippen LogP) is -1.10. The summed E-state index contributed by atoms with van der Waals surface area (Å²) in [7, 11) is 0. The molecular weight excluding hydrogens is 264 g/mol. The second kappa shape index (κ2) is 6.04. The highest BCUT2D eigenvalue weighted by atomic mass is 79.9. The van der Waals surface area contributed by atoms with Gasteiger partial charge in [0.05, 0.1) is 11.6 Å². The molecule has 0 spiro atoms. The van der Waals surface area contributed by atoms with Gasteiger partial charge >= 0.3 is 0 Å². The Hall–Kier alpha value is -1.66. The summed E-state index contributed by atoms with van der Waals surface area (Å²) in [6, 6.07) is 16.0. The van der Waals surface area contributed by atoms with Gasteiger partial charge in [-0.25, -0.2) is 4.57 Å². The molecule has 0 amide bonds. The van der Waals surface area contributed by atoms with Gasteiger partial charge in [0.15, 0.2) is 18.9 Å². The van der Waals surface area contributed by atoms with Crippen molar-refractivity contribution in [2.75, 3.05) is 0 Å². The Morgan fingerprint density at radius 2 is 1.62 bits per heavy atom. The number of hydrogen-bond acceptors (Lipinski definition) is 1. The lowest BCUT2D eigenvalue weighted by Crippen LogP contribution is -3.00. The topological polar surface area (TPSA) is 27.7 Å². The molecule has 1 aromatic heterocycles. The van der Waals surface area contributed by atoms with Gasteiger partial charge in [-0.15, -0.1) is 0 Å². The number of nitrogens with zero attached hydrogens (tertiary/aromatic N) is 2. The number of halogens is 1. The minimum atomic E-state index is 0. The Kier molecular flexibility index (Phi) is 4.68. The fourth-order valence-electron chi connectivity index (χ4n) is 1.43. The quantitative estimate of drug-likeness (QED) is 0.639. The van der Waals surface area contributed by atoms with Crippen LogP contribution in [-0.2, 0) is 6.54 Å². The highest BCUT2D eigenvalue weighted by Gasteiger charge is 2.01. The maximum atomic E-state index is 8.66. The summed E-state index contributed by atoms with van der Waals surface area (Å²) in [5, 5.41) is 8.66. The molecule has 2 nitrogen and oxygen atoms in total. The lowest BCUT2D eigenvalue weighted by Gasteiger charge is -1.96. The van der Waals surface area contributed by atoms with E-state index in [1.54, 1.807) is 0 Å². The zero-order valence-electron chi connectivity index (χ0n) is 8.68. The number of nitriles is 1. The highest BCUT2D eigenvalue weighted by molar-refractivity contribution is 5.23. The van der Waals surface area contributed by atoms with Gasteiger partial charge in [0.25, 0.3) is 0 Å². The van der Waals surface area contributed by atoms with Crippen LogP contribution in [0, 0.1) is 11.3 Å². The van der Waals surface area contributed by atoms with Crippen LogP contribution in [0.2, 0.25) is 0 Å². The van der Waals surface area contributed by atoms with Crippen molar-refractivity contribution >= 4 is 0 Å². The maximum absolute atomic E-state index is 8.66. The van der Waals surface area contributed by atoms with Crippen LogP contribution in [0.5, 0.6) is 0 Å². The molecule has 1 heterocycles. The van der Waals surface area contributed by atoms with Crippen molar-refractivity contribution in [3.63, 3.8) is 0 Å². The van der Waals surface area contributed by atoms with Crippen LogP contribution in [0.15, 0.2) is 54.9 Å². The Morgan fingerprint density at radius 3 is 2.19 bits per heavy atom. The first kappa shape index (κ1) is 12.4. The molecule has 80 valence electrons. The normalized spacial score (nSPS) is 8.94. The molecule has 0 atom stereocenters. The second-order valence-electron chi connectivity index (χ2n) is 3.36. The predicted molar refractivity (Wildman–Crippen MR) is 56.9 cm³/mol. The Bertz CT molecular complexity index is 472. The van der Waals surface area contributed by atoms with Crippen molar-refractivity contribution in [1.29, 1.82) is 5.26 Å². The third-order valence-corrected chi connectivity index (χ3v) is 2.23. The van der Waals surface area contributed by atoms with Gasteiger partial charge in [0.2, 0.25) is 0 Å². The van der Waals surface area contributed by atoms with E-state index in [0.717, 1.165) is 6.54 Å². The van der Waals surface area contributed by atoms with Gasteiger partial charge in [0.1, 0.15) is 0 Å². The van der Waals surface area contributed by atoms with E-state index in [4.69, 9.17) is 5.26 Å². The van der Waals surface area contributed by atoms with Crippen molar-refractivity contribution in [3.8, 4) is 6.07 Å². The van der Waals surface area contributed by atoms with Crippen molar-refractivity contribution in [3.05, 3.63) is 66.0 Å². The lowest BCUT2D eigenvalue weighted by molar-refractivity contribution is -0.688. The van der Waals surface area contributed by atoms with E-state index < -0.39 is 0 Å². The Labute approximate surface area is 106 Å². The summed E-state index contributed by atoms with van der Waals surface area (Å²) >= 11 is 0. The first-order valence-electron chi connectivity index (χ1n) is 4.81. The van der Waals surface area contributed by atoms with Gasteiger partial charge in [-0.05, 0) is 0 Å². The molecule has 0 saturated heterocycles. The van der Waals surface area contributed by atoms with E-state index in [-0.39, 0.29) is 17.0 Å². The fourth-order valence-corrected chi connectivity index (χ4v) is 1.43. The van der Waals surface area contributed by atoms with Gasteiger partial charge in [0, 0.05) is 17.7 Å². The van der Waals surface area contributed by atoms with Gasteiger partial charge in [-0.3, -0.25) is 0 Å². The van der Waals surface area contributed by atoms with E-state index in [1.807, 2.05) is 42.7 Å². The standard InChI is InChI=1S/C13H11N2.BrH/c14-10-12-6-8-15(9-7-12)11-13-4-2-1-3-5-13;/h1-9H,11H2;1H/q+1;/p-1. The molecule has 16 heavy (non-hydrogen) atoms. The van der Waals surface area contributed by atoms with Gasteiger partial charge in [-0.1, -0.05) is 30.3 Å². The third kappa shape index (κ3) is 3.18. The number of pyridine rings is 1. The minimum Gasteiger partial charge on any atom is -1.00 e. The molecule has 2 rings (SSSR count). The number of rotatable bonds is 2. The molecule has 0 aliphatic carbocycles. The summed E-state index contributed by atoms with van der Waals surface area (Å²) in [5.41, 5.74) is 1.95. The van der Waals surface area contributed by atoms with Crippen molar-refractivity contribution in [2.24, 2.45) is 0 Å². The van der Waals surface area contributed by atoms with Crippen LogP contribution < -0.4 is 21.5 Å². The average molecular weight is 275 g/mol. The van der Waals surface area contributed by atoms with Crippen molar-refractivity contribution in [2.45, 2.75) is 6.54 Å². The molecule has 0 bridgehead atoms. The summed E-state index contributed by atoms with van der Waals surface area (Å²) < 4.78 is 2.05. The largest absolute Gasteiger partial charge is 1.00 e. The highest BCUT2D eigenvalue weighted by Crippen LogP contribution is 1.98. The molecule has 0 N–H and O–H groups in total. The van der Waals surface area contributed by atoms with E-state index in [2.05, 4.69) is 22.8 Å². The van der Waals surface area contributed by atoms with Crippen LogP contribution in [-0.4, -0.2) is 0 Å². The van der Waals surface area contributed by atoms with Crippen LogP contribution in [0.1, 0.15) is 11.1 Å². The summed E-state index contributed by atoms with van der Waals surface area (Å²) in [5.74, 6) is 0. The van der Waals surface area contributed by atoms with Crippen molar-refractivity contribution < 1.29 is 21.5 Å². The molecule has 2 aromatic rings. The van der Waals surface area contributed by atoms with Gasteiger partial charge < -0.3 is 17.0 Å². The molecule has 1 aromatic carbocycles. The molecule has 0 saturated carbocycles. The Morgan fingerprint density at radius 1 is 1.00 bits per heavy atom. The van der Waals surface area contributed by atoms with Crippen LogP contribution >= 0.6 is 0 Å². The number of hydrogen-bond donors (Lipinski definition) is 0. The molecule has 0 unspecified atom stereocenters. The number of benzene rings is 1. The molecule has 0 aliphatic heterocycles. The van der Waals surface area contributed by atoms with E-state index in [0.29, 0.717) is 5.56 Å². The van der Waals surface area contributed by atoms with E-state index in [1.165, 1.54) is 5.56 Å². The zero-order chi connectivity index (χ0) is 10.5. The van der Waals surface area contributed by atoms with Crippen molar-refractivity contribution in [1.82, 2.24) is 0 Å². The smallest absolute Gasteiger partial charge is 0.173 e. The molecular formula is C13H11BrN2. The fraction of sp³-hybridized carbons (Fsp3) is 0.0769. The van der Waals surface area contributed by atoms with Crippen LogP contribution in [0.3, 0.4) is 0 Å². The van der Waals surface area contributed by atoms with Crippen LogP contribution in [0.4, 0.5) is 0 Å². The van der Waals surface area contributed by atoms with E-state index >= 15 is 0 Å². The van der Waals surface area contributed by atoms with Gasteiger partial charge in [-0.2, -0.15) is 5.26 Å². The maximum Gasteiger partial charge on any atom is 0.173 e. The lowest BCUT2D eigenvalue weighted by atomic mass is 10.2. The van der Waals surface area contributed by atoms with Crippen LogP contribution in [0.25, 0.3) is 0 Å². The monoisotopic (exact) mass is 274 g/mol. The summed E-state index contributed by atoms with van der Waals surface area (Å²) in [6.45, 7) is 0.840. The first-order chi connectivity index (χ1) is 7.38. The van der Waals surface area contributed by atoms with E-state index in [9.17, 15) is 0 Å². The molecule has 0 fully saturated rings. The second-order valence-corrected chi connectivity index (χ2v) is 3.36. The SMILES string of the molecule is N#Cc1cc[n+](Cc2ccccc2)cc1.[Br-]. The molecule has 0 radical (unpaired) electrons. The zero-order valence-corrected chi connectivity index (χ0v) is 10.3. The molecule has 0 aliphatic rings. The minimum absolute atomic E-state index is 0. The summed E-state index contributed by atoms with van der Waals surface area (Å²) in [4.78, 5) is 0.